The Morgan fingerprint density at radius 1 is 1.14 bits per heavy atom. The maximum absolute atomic E-state index is 12.3. The molecule has 4 rings (SSSR count). The molecule has 0 saturated carbocycles. The van der Waals surface area contributed by atoms with Gasteiger partial charge < -0.3 is 14.6 Å². The van der Waals surface area contributed by atoms with Crippen LogP contribution in [0.1, 0.15) is 40.5 Å². The molecule has 3 atom stereocenters. The number of amides is 1. The number of aromatic nitrogens is 2. The van der Waals surface area contributed by atoms with Crippen molar-refractivity contribution in [1.29, 1.82) is 0 Å². The fraction of sp³-hybridized carbons (Fsp3) is 0.240. The molecule has 3 unspecified atom stereocenters. The molecule has 36 heavy (non-hydrogen) atoms. The first-order valence-corrected chi connectivity index (χ1v) is 12.5. The molecule has 0 saturated heterocycles. The molecule has 0 aliphatic carbocycles. The van der Waals surface area contributed by atoms with Crippen molar-refractivity contribution in [2.24, 2.45) is 5.10 Å². The van der Waals surface area contributed by atoms with Crippen LogP contribution in [0.5, 0.6) is 0 Å². The van der Waals surface area contributed by atoms with Gasteiger partial charge in [-0.1, -0.05) is 54.4 Å². The molecule has 0 spiro atoms. The number of carbonyl (C=O) groups is 2. The summed E-state index contributed by atoms with van der Waals surface area (Å²) >= 11 is -2.17. The summed E-state index contributed by atoms with van der Waals surface area (Å²) in [4.78, 5) is 31.9. The van der Waals surface area contributed by atoms with Gasteiger partial charge in [0.1, 0.15) is 11.8 Å². The van der Waals surface area contributed by atoms with Gasteiger partial charge in [0, 0.05) is 29.4 Å². The highest BCUT2D eigenvalue weighted by molar-refractivity contribution is 7.78. The Bertz CT molecular complexity index is 1250. The predicted octanol–water partition coefficient (Wildman–Crippen LogP) is 2.65. The van der Waals surface area contributed by atoms with Crippen molar-refractivity contribution in [2.45, 2.75) is 38.0 Å². The van der Waals surface area contributed by atoms with E-state index in [0.717, 1.165) is 11.1 Å². The standard InChI is InChI=1S/C25H25N5O5S/c1-2-22-24(19-7-3-18(4-8-19)16-36(33)34)29-30(23(15-31)35-22)14-17-5-9-20(10-6-17)28-25(32)21-13-26-11-12-27-21/h3-13,15,22-23H,2,14,16H2,1H3,(H,28,32)(H,33,34)/p-1. The van der Waals surface area contributed by atoms with E-state index in [1.165, 1.54) is 18.6 Å². The Hall–Kier alpha value is -3.80. The van der Waals surface area contributed by atoms with Crippen molar-refractivity contribution < 1.29 is 23.1 Å². The third kappa shape index (κ3) is 6.25. The van der Waals surface area contributed by atoms with Crippen LogP contribution in [-0.4, -0.2) is 54.0 Å². The van der Waals surface area contributed by atoms with Crippen molar-refractivity contribution in [3.8, 4) is 0 Å². The van der Waals surface area contributed by atoms with Gasteiger partial charge in [-0.3, -0.25) is 23.8 Å². The maximum Gasteiger partial charge on any atom is 0.275 e. The molecule has 1 N–H and O–H groups in total. The summed E-state index contributed by atoms with van der Waals surface area (Å²) in [5, 5.41) is 9.08. The molecule has 1 amide bonds. The summed E-state index contributed by atoms with van der Waals surface area (Å²) in [6, 6.07) is 14.3. The maximum atomic E-state index is 12.3. The summed E-state index contributed by atoms with van der Waals surface area (Å²) < 4.78 is 28.0. The van der Waals surface area contributed by atoms with Gasteiger partial charge in [-0.15, -0.1) is 0 Å². The summed E-state index contributed by atoms with van der Waals surface area (Å²) in [6.45, 7) is 2.25. The number of aldehydes is 1. The Morgan fingerprint density at radius 2 is 1.86 bits per heavy atom. The van der Waals surface area contributed by atoms with E-state index in [4.69, 9.17) is 9.84 Å². The molecule has 10 nitrogen and oxygen atoms in total. The van der Waals surface area contributed by atoms with Crippen LogP contribution in [0.25, 0.3) is 0 Å². The second kappa shape index (κ2) is 11.8. The highest BCUT2D eigenvalue weighted by Gasteiger charge is 2.31. The average molecular weight is 507 g/mol. The third-order valence-corrected chi connectivity index (χ3v) is 6.08. The van der Waals surface area contributed by atoms with Crippen molar-refractivity contribution >= 4 is 34.7 Å². The van der Waals surface area contributed by atoms with E-state index in [-0.39, 0.29) is 23.5 Å². The number of nitrogens with one attached hydrogen (secondary N) is 1. The Kier molecular flexibility index (Phi) is 8.26. The van der Waals surface area contributed by atoms with Crippen LogP contribution in [0, 0.1) is 0 Å². The number of rotatable bonds is 9. The number of ether oxygens (including phenoxy) is 1. The van der Waals surface area contributed by atoms with Crippen LogP contribution in [0.15, 0.2) is 72.2 Å². The molecule has 3 aromatic rings. The number of hydrogen-bond acceptors (Lipinski definition) is 9. The van der Waals surface area contributed by atoms with E-state index < -0.39 is 17.3 Å². The lowest BCUT2D eigenvalue weighted by molar-refractivity contribution is -0.139. The van der Waals surface area contributed by atoms with Crippen molar-refractivity contribution in [3.63, 3.8) is 0 Å². The van der Waals surface area contributed by atoms with E-state index in [1.54, 1.807) is 41.4 Å². The van der Waals surface area contributed by atoms with E-state index in [2.05, 4.69) is 15.3 Å². The average Bonchev–Trinajstić information content (AvgIpc) is 2.90. The second-order valence-corrected chi connectivity index (χ2v) is 8.93. The minimum atomic E-state index is -2.17. The monoisotopic (exact) mass is 506 g/mol. The first-order chi connectivity index (χ1) is 17.5. The summed E-state index contributed by atoms with van der Waals surface area (Å²) in [6.07, 6.45) is 4.42. The number of hydrogen-bond donors (Lipinski definition) is 1. The minimum absolute atomic E-state index is 0.0605. The van der Waals surface area contributed by atoms with Gasteiger partial charge in [0.2, 0.25) is 6.23 Å². The zero-order valence-electron chi connectivity index (χ0n) is 19.4. The van der Waals surface area contributed by atoms with E-state index in [9.17, 15) is 18.4 Å². The van der Waals surface area contributed by atoms with Gasteiger partial charge in [-0.25, -0.2) is 4.98 Å². The smallest absolute Gasteiger partial charge is 0.275 e. The molecule has 0 fully saturated rings. The van der Waals surface area contributed by atoms with Crippen LogP contribution >= 0.6 is 0 Å². The lowest BCUT2D eigenvalue weighted by atomic mass is 10.0. The van der Waals surface area contributed by atoms with Gasteiger partial charge in [0.15, 0.2) is 6.29 Å². The lowest BCUT2D eigenvalue weighted by Crippen LogP contribution is -2.45. The van der Waals surface area contributed by atoms with E-state index >= 15 is 0 Å². The Balaban J connectivity index is 1.50. The summed E-state index contributed by atoms with van der Waals surface area (Å²) in [7, 11) is 0. The molecule has 2 aromatic carbocycles. The minimum Gasteiger partial charge on any atom is -0.772 e. The van der Waals surface area contributed by atoms with Crippen molar-refractivity contribution in [1.82, 2.24) is 15.0 Å². The SMILES string of the molecule is CCC1OC(C=O)N(Cc2ccc(NC(=O)c3cnccn3)cc2)N=C1c1ccc(CS(=O)[O-])cc1. The first kappa shape index (κ1) is 25.3. The molecule has 1 aliphatic heterocycles. The highest BCUT2D eigenvalue weighted by atomic mass is 32.2. The molecule has 11 heteroatoms. The molecular formula is C25H24N5O5S-. The highest BCUT2D eigenvalue weighted by Crippen LogP contribution is 2.23. The van der Waals surface area contributed by atoms with Crippen LogP contribution in [0.4, 0.5) is 5.69 Å². The molecule has 2 heterocycles. The molecule has 0 radical (unpaired) electrons. The first-order valence-electron chi connectivity index (χ1n) is 11.2. The number of anilines is 1. The number of hydrazone groups is 1. The molecule has 1 aliphatic rings. The predicted molar refractivity (Wildman–Crippen MR) is 133 cm³/mol. The second-order valence-electron chi connectivity index (χ2n) is 8.03. The van der Waals surface area contributed by atoms with Gasteiger partial charge in [-0.2, -0.15) is 5.10 Å². The number of nitrogens with zero attached hydrogens (tertiary/aromatic N) is 4. The molecule has 186 valence electrons. The summed E-state index contributed by atoms with van der Waals surface area (Å²) in [5.41, 5.74) is 3.78. The van der Waals surface area contributed by atoms with Crippen LogP contribution in [0.3, 0.4) is 0 Å². The van der Waals surface area contributed by atoms with Crippen LogP contribution < -0.4 is 5.32 Å². The fourth-order valence-corrected chi connectivity index (χ4v) is 4.19. The molecule has 1 aromatic heterocycles. The van der Waals surface area contributed by atoms with E-state index in [0.29, 0.717) is 36.2 Å². The fourth-order valence-electron chi connectivity index (χ4n) is 3.72. The molecule has 0 bridgehead atoms. The van der Waals surface area contributed by atoms with Gasteiger partial charge >= 0.3 is 0 Å². The van der Waals surface area contributed by atoms with E-state index in [1.807, 2.05) is 19.1 Å². The van der Waals surface area contributed by atoms with Gasteiger partial charge in [0.25, 0.3) is 5.91 Å². The largest absolute Gasteiger partial charge is 0.772 e. The van der Waals surface area contributed by atoms with Crippen molar-refractivity contribution in [3.05, 3.63) is 89.5 Å². The third-order valence-electron chi connectivity index (χ3n) is 5.51. The topological polar surface area (TPSA) is 137 Å². The van der Waals surface area contributed by atoms with Gasteiger partial charge in [0.05, 0.1) is 18.5 Å². The number of benzene rings is 2. The normalized spacial score (nSPS) is 18.3. The zero-order chi connectivity index (χ0) is 25.5. The van der Waals surface area contributed by atoms with Crippen LogP contribution in [0.2, 0.25) is 0 Å². The zero-order valence-corrected chi connectivity index (χ0v) is 20.3. The van der Waals surface area contributed by atoms with Crippen molar-refractivity contribution in [2.75, 3.05) is 5.32 Å². The van der Waals surface area contributed by atoms with Crippen LogP contribution in [-0.2, 0) is 32.9 Å². The Morgan fingerprint density at radius 3 is 2.47 bits per heavy atom. The Labute approximate surface area is 210 Å². The lowest BCUT2D eigenvalue weighted by Gasteiger charge is -2.35. The summed E-state index contributed by atoms with van der Waals surface area (Å²) in [5.74, 6) is -0.427. The molecular weight excluding hydrogens is 482 g/mol. The van der Waals surface area contributed by atoms with Gasteiger partial charge in [-0.05, 0) is 29.7 Å². The quantitative estimate of drug-likeness (QED) is 0.345. The number of carbonyl (C=O) groups excluding carboxylic acids is 2.